The summed E-state index contributed by atoms with van der Waals surface area (Å²) >= 11 is 1.40. The largest absolute Gasteiger partial charge is 0.484 e. The predicted molar refractivity (Wildman–Crippen MR) is 118 cm³/mol. The quantitative estimate of drug-likeness (QED) is 0.476. The molecular weight excluding hydrogens is 418 g/mol. The summed E-state index contributed by atoms with van der Waals surface area (Å²) in [6.45, 7) is 1.59. The highest BCUT2D eigenvalue weighted by atomic mass is 32.1. The second-order valence-corrected chi connectivity index (χ2v) is 7.63. The summed E-state index contributed by atoms with van der Waals surface area (Å²) in [5.74, 6) is -0.302. The van der Waals surface area contributed by atoms with Gasteiger partial charge in [-0.25, -0.2) is 4.98 Å². The van der Waals surface area contributed by atoms with Crippen molar-refractivity contribution in [1.82, 2.24) is 4.98 Å². The standard InChI is InChI=1S/C22H17N3O5S/c1-13-23-18(12-31-13)22(28)25-15-4-2-3-14(9-15)24-21(27)11-30-16-5-6-17-19(26)7-8-29-20(17)10-16/h2-10,12H,11H2,1H3,(H,24,27)(H,25,28). The summed E-state index contributed by atoms with van der Waals surface area (Å²) in [7, 11) is 0. The number of rotatable bonds is 6. The Hall–Kier alpha value is -3.98. The molecule has 4 rings (SSSR count). The van der Waals surface area contributed by atoms with Crippen LogP contribution in [0.4, 0.5) is 11.4 Å². The first-order valence-electron chi connectivity index (χ1n) is 9.26. The molecule has 0 aliphatic carbocycles. The van der Waals surface area contributed by atoms with Crippen LogP contribution in [0.25, 0.3) is 11.0 Å². The van der Waals surface area contributed by atoms with E-state index in [9.17, 15) is 14.4 Å². The molecule has 0 spiro atoms. The van der Waals surface area contributed by atoms with Gasteiger partial charge in [-0.2, -0.15) is 0 Å². The highest BCUT2D eigenvalue weighted by Gasteiger charge is 2.11. The highest BCUT2D eigenvalue weighted by molar-refractivity contribution is 7.09. The van der Waals surface area contributed by atoms with Gasteiger partial charge in [-0.05, 0) is 37.3 Å². The van der Waals surface area contributed by atoms with Crippen molar-refractivity contribution >= 4 is 45.5 Å². The highest BCUT2D eigenvalue weighted by Crippen LogP contribution is 2.19. The van der Waals surface area contributed by atoms with Gasteiger partial charge in [0.15, 0.2) is 12.0 Å². The minimum absolute atomic E-state index is 0.151. The molecule has 8 nitrogen and oxygen atoms in total. The smallest absolute Gasteiger partial charge is 0.275 e. The molecule has 0 saturated carbocycles. The maximum atomic E-state index is 12.3. The minimum atomic E-state index is -0.381. The Morgan fingerprint density at radius 1 is 1.10 bits per heavy atom. The van der Waals surface area contributed by atoms with Crippen LogP contribution >= 0.6 is 11.3 Å². The Morgan fingerprint density at radius 2 is 1.90 bits per heavy atom. The first-order valence-corrected chi connectivity index (χ1v) is 10.1. The van der Waals surface area contributed by atoms with Crippen LogP contribution < -0.4 is 20.8 Å². The second-order valence-electron chi connectivity index (χ2n) is 6.57. The summed E-state index contributed by atoms with van der Waals surface area (Å²) in [5.41, 5.74) is 1.60. The summed E-state index contributed by atoms with van der Waals surface area (Å²) in [5, 5.41) is 8.39. The molecular formula is C22H17N3O5S. The average molecular weight is 435 g/mol. The molecule has 2 N–H and O–H groups in total. The molecule has 0 aliphatic heterocycles. The van der Waals surface area contributed by atoms with Gasteiger partial charge < -0.3 is 19.8 Å². The molecule has 31 heavy (non-hydrogen) atoms. The van der Waals surface area contributed by atoms with Gasteiger partial charge in [-0.15, -0.1) is 11.3 Å². The van der Waals surface area contributed by atoms with Crippen LogP contribution in [0.5, 0.6) is 5.75 Å². The van der Waals surface area contributed by atoms with Crippen LogP contribution in [0.3, 0.4) is 0 Å². The lowest BCUT2D eigenvalue weighted by molar-refractivity contribution is -0.118. The predicted octanol–water partition coefficient (Wildman–Crippen LogP) is 3.83. The molecule has 0 aliphatic rings. The molecule has 0 unspecified atom stereocenters. The lowest BCUT2D eigenvalue weighted by Gasteiger charge is -2.09. The Kier molecular flexibility index (Phi) is 5.76. The monoisotopic (exact) mass is 435 g/mol. The number of hydrogen-bond donors (Lipinski definition) is 2. The van der Waals surface area contributed by atoms with E-state index >= 15 is 0 Å². The molecule has 9 heteroatoms. The first-order chi connectivity index (χ1) is 15.0. The molecule has 0 saturated heterocycles. The van der Waals surface area contributed by atoms with Crippen LogP contribution in [0.2, 0.25) is 0 Å². The van der Waals surface area contributed by atoms with Crippen molar-refractivity contribution in [2.24, 2.45) is 0 Å². The van der Waals surface area contributed by atoms with Crippen LogP contribution in [0.15, 0.2) is 69.4 Å². The lowest BCUT2D eigenvalue weighted by atomic mass is 10.2. The first kappa shape index (κ1) is 20.3. The molecule has 2 amide bonds. The van der Waals surface area contributed by atoms with Gasteiger partial charge in [0.1, 0.15) is 17.0 Å². The van der Waals surface area contributed by atoms with Gasteiger partial charge >= 0.3 is 0 Å². The number of ether oxygens (including phenoxy) is 1. The number of fused-ring (bicyclic) bond motifs is 1. The van der Waals surface area contributed by atoms with Crippen molar-refractivity contribution in [1.29, 1.82) is 0 Å². The molecule has 2 aromatic heterocycles. The number of nitrogens with one attached hydrogen (secondary N) is 2. The zero-order chi connectivity index (χ0) is 21.8. The van der Waals surface area contributed by atoms with Crippen molar-refractivity contribution in [3.63, 3.8) is 0 Å². The summed E-state index contributed by atoms with van der Waals surface area (Å²) in [6.07, 6.45) is 1.31. The van der Waals surface area contributed by atoms with Crippen LogP contribution in [-0.2, 0) is 4.79 Å². The van der Waals surface area contributed by atoms with E-state index in [-0.39, 0.29) is 23.9 Å². The maximum Gasteiger partial charge on any atom is 0.275 e. The summed E-state index contributed by atoms with van der Waals surface area (Å²) < 4.78 is 10.8. The number of benzene rings is 2. The maximum absolute atomic E-state index is 12.3. The van der Waals surface area contributed by atoms with Crippen molar-refractivity contribution < 1.29 is 18.7 Å². The second kappa shape index (κ2) is 8.80. The normalized spacial score (nSPS) is 10.6. The van der Waals surface area contributed by atoms with Gasteiger partial charge in [0.05, 0.1) is 16.7 Å². The fourth-order valence-corrected chi connectivity index (χ4v) is 3.43. The van der Waals surface area contributed by atoms with Gasteiger partial charge in [-0.1, -0.05) is 6.07 Å². The number of amides is 2. The number of anilines is 2. The van der Waals surface area contributed by atoms with Crippen molar-refractivity contribution in [2.75, 3.05) is 17.2 Å². The minimum Gasteiger partial charge on any atom is -0.484 e. The van der Waals surface area contributed by atoms with E-state index in [1.54, 1.807) is 47.8 Å². The SMILES string of the molecule is Cc1nc(C(=O)Nc2cccc(NC(=O)COc3ccc4c(=O)ccoc4c3)c2)cs1. The van der Waals surface area contributed by atoms with E-state index < -0.39 is 0 Å². The van der Waals surface area contributed by atoms with Gasteiger partial charge in [0, 0.05) is 28.9 Å². The van der Waals surface area contributed by atoms with E-state index in [4.69, 9.17) is 9.15 Å². The van der Waals surface area contributed by atoms with E-state index in [1.165, 1.54) is 23.7 Å². The Bertz CT molecular complexity index is 1330. The molecule has 2 heterocycles. The zero-order valence-corrected chi connectivity index (χ0v) is 17.2. The Labute approximate surface area is 180 Å². The van der Waals surface area contributed by atoms with Gasteiger partial charge in [0.25, 0.3) is 11.8 Å². The molecule has 0 fully saturated rings. The lowest BCUT2D eigenvalue weighted by Crippen LogP contribution is -2.20. The fraction of sp³-hybridized carbons (Fsp3) is 0.0909. The molecule has 4 aromatic rings. The van der Waals surface area contributed by atoms with Crippen LogP contribution in [-0.4, -0.2) is 23.4 Å². The number of thiazole rings is 1. The van der Waals surface area contributed by atoms with Crippen molar-refractivity contribution in [3.05, 3.63) is 81.1 Å². The Balaban J connectivity index is 1.36. The number of carbonyl (C=O) groups excluding carboxylic acids is 2. The topological polar surface area (TPSA) is 111 Å². The summed E-state index contributed by atoms with van der Waals surface area (Å²) in [4.78, 5) is 40.4. The van der Waals surface area contributed by atoms with Crippen LogP contribution in [0, 0.1) is 6.92 Å². The molecule has 156 valence electrons. The number of aromatic nitrogens is 1. The van der Waals surface area contributed by atoms with Gasteiger partial charge in [0.2, 0.25) is 0 Å². The number of carbonyl (C=O) groups is 2. The molecule has 0 atom stereocenters. The average Bonchev–Trinajstić information content (AvgIpc) is 3.19. The third-order valence-electron chi connectivity index (χ3n) is 4.26. The van der Waals surface area contributed by atoms with Crippen LogP contribution in [0.1, 0.15) is 15.5 Å². The third-order valence-corrected chi connectivity index (χ3v) is 5.03. The third kappa shape index (κ3) is 4.96. The summed E-state index contributed by atoms with van der Waals surface area (Å²) in [6, 6.07) is 12.8. The Morgan fingerprint density at radius 3 is 2.68 bits per heavy atom. The van der Waals surface area contributed by atoms with Gasteiger partial charge in [-0.3, -0.25) is 14.4 Å². The van der Waals surface area contributed by atoms with E-state index in [0.717, 1.165) is 5.01 Å². The number of aryl methyl sites for hydroxylation is 1. The zero-order valence-electron chi connectivity index (χ0n) is 16.4. The number of hydrogen-bond acceptors (Lipinski definition) is 7. The van der Waals surface area contributed by atoms with Crippen molar-refractivity contribution in [2.45, 2.75) is 6.92 Å². The van der Waals surface area contributed by atoms with Crippen molar-refractivity contribution in [3.8, 4) is 5.75 Å². The molecule has 0 radical (unpaired) electrons. The van der Waals surface area contributed by atoms with E-state index in [1.807, 2.05) is 6.92 Å². The number of nitrogens with zero attached hydrogens (tertiary/aromatic N) is 1. The fourth-order valence-electron chi connectivity index (χ4n) is 2.84. The molecule has 0 bridgehead atoms. The van der Waals surface area contributed by atoms with E-state index in [2.05, 4.69) is 15.6 Å². The molecule has 2 aromatic carbocycles. The van der Waals surface area contributed by atoms with E-state index in [0.29, 0.717) is 33.8 Å².